The molecule has 2 heterocycles. The zero-order valence-electron chi connectivity index (χ0n) is 12.6. The normalized spacial score (nSPS) is 15.9. The van der Waals surface area contributed by atoms with Gasteiger partial charge >= 0.3 is 11.9 Å². The Morgan fingerprint density at radius 3 is 2.17 bits per heavy atom. The Morgan fingerprint density at radius 2 is 1.61 bits per heavy atom. The van der Waals surface area contributed by atoms with Gasteiger partial charge in [-0.15, -0.1) is 11.3 Å². The summed E-state index contributed by atoms with van der Waals surface area (Å²) in [5.74, 6) is -3.01. The summed E-state index contributed by atoms with van der Waals surface area (Å²) in [6.45, 7) is 3.32. The number of carbonyl (C=O) groups is 2. The fraction of sp³-hybridized carbons (Fsp3) is 0.176. The molecule has 1 aromatic carbocycles. The van der Waals surface area contributed by atoms with Crippen LogP contribution in [-0.2, 0) is 9.59 Å². The molecule has 6 heteroatoms. The monoisotopic (exact) mass is 329 g/mol. The zero-order valence-corrected chi connectivity index (χ0v) is 13.4. The number of carboxylic acid groups (broad SMARTS) is 2. The van der Waals surface area contributed by atoms with Crippen molar-refractivity contribution < 1.29 is 19.8 Å². The van der Waals surface area contributed by atoms with E-state index >= 15 is 0 Å². The van der Waals surface area contributed by atoms with Crippen LogP contribution in [0.25, 0.3) is 10.1 Å². The van der Waals surface area contributed by atoms with Gasteiger partial charge in [0.25, 0.3) is 0 Å². The quantitative estimate of drug-likeness (QED) is 0.804. The van der Waals surface area contributed by atoms with E-state index < -0.39 is 17.9 Å². The average molecular weight is 329 g/mol. The van der Waals surface area contributed by atoms with Crippen LogP contribution in [0.4, 0.5) is 0 Å². The molecular weight excluding hydrogens is 314 g/mol. The van der Waals surface area contributed by atoms with Gasteiger partial charge < -0.3 is 15.5 Å². The number of carboxylic acids is 2. The molecule has 0 saturated carbocycles. The molecule has 118 valence electrons. The standard InChI is InChI=1S/C17H15NO4S/c1-8-13(16(19)20)15(14(17(21)22)9(2)18-8)11-7-23-12-6-4-3-5-10(11)12/h3-7,15,18H,1-2H3,(H,19,20)(H,21,22). The van der Waals surface area contributed by atoms with Crippen molar-refractivity contribution in [3.8, 4) is 0 Å². The van der Waals surface area contributed by atoms with Gasteiger partial charge in [0.05, 0.1) is 17.1 Å². The summed E-state index contributed by atoms with van der Waals surface area (Å²) in [7, 11) is 0. The second-order valence-electron chi connectivity index (χ2n) is 5.43. The summed E-state index contributed by atoms with van der Waals surface area (Å²) < 4.78 is 1.01. The molecule has 23 heavy (non-hydrogen) atoms. The van der Waals surface area contributed by atoms with Gasteiger partial charge in [-0.25, -0.2) is 9.59 Å². The number of fused-ring (bicyclic) bond motifs is 1. The summed E-state index contributed by atoms with van der Waals surface area (Å²) in [6.07, 6.45) is 0. The van der Waals surface area contributed by atoms with Crippen LogP contribution >= 0.6 is 11.3 Å². The molecule has 5 nitrogen and oxygen atoms in total. The smallest absolute Gasteiger partial charge is 0.334 e. The molecule has 0 aliphatic carbocycles. The number of thiophene rings is 1. The first-order chi connectivity index (χ1) is 10.9. The van der Waals surface area contributed by atoms with Crippen LogP contribution < -0.4 is 5.32 Å². The molecule has 0 unspecified atom stereocenters. The van der Waals surface area contributed by atoms with Crippen molar-refractivity contribution in [3.05, 3.63) is 57.7 Å². The number of benzene rings is 1. The summed E-state index contributed by atoms with van der Waals surface area (Å²) in [6, 6.07) is 7.61. The Kier molecular flexibility index (Phi) is 3.69. The Labute approximate surface area is 136 Å². The minimum atomic E-state index is -1.11. The van der Waals surface area contributed by atoms with E-state index in [-0.39, 0.29) is 11.1 Å². The average Bonchev–Trinajstić information content (AvgIpc) is 2.89. The highest BCUT2D eigenvalue weighted by molar-refractivity contribution is 7.17. The van der Waals surface area contributed by atoms with Crippen molar-refractivity contribution in [2.75, 3.05) is 0 Å². The molecule has 3 N–H and O–H groups in total. The van der Waals surface area contributed by atoms with Gasteiger partial charge in [-0.1, -0.05) is 18.2 Å². The third kappa shape index (κ3) is 2.41. The van der Waals surface area contributed by atoms with Crippen molar-refractivity contribution in [1.29, 1.82) is 0 Å². The number of dihydropyridines is 1. The Morgan fingerprint density at radius 1 is 1.04 bits per heavy atom. The van der Waals surface area contributed by atoms with Gasteiger partial charge in [0, 0.05) is 16.1 Å². The maximum atomic E-state index is 11.8. The van der Waals surface area contributed by atoms with Crippen LogP contribution in [0, 0.1) is 0 Å². The fourth-order valence-corrected chi connectivity index (χ4v) is 4.08. The van der Waals surface area contributed by atoms with E-state index in [2.05, 4.69) is 5.32 Å². The van der Waals surface area contributed by atoms with Crippen LogP contribution in [0.3, 0.4) is 0 Å². The molecule has 0 amide bonds. The highest BCUT2D eigenvalue weighted by Crippen LogP contribution is 2.42. The van der Waals surface area contributed by atoms with Crippen molar-refractivity contribution in [3.63, 3.8) is 0 Å². The molecule has 0 bridgehead atoms. The minimum Gasteiger partial charge on any atom is -0.478 e. The van der Waals surface area contributed by atoms with Gasteiger partial charge in [0.1, 0.15) is 0 Å². The molecule has 0 spiro atoms. The number of rotatable bonds is 3. The number of hydrogen-bond acceptors (Lipinski definition) is 4. The number of nitrogens with one attached hydrogen (secondary N) is 1. The van der Waals surface area contributed by atoms with Crippen LogP contribution in [0.15, 0.2) is 52.2 Å². The maximum absolute atomic E-state index is 11.8. The predicted octanol–water partition coefficient (Wildman–Crippen LogP) is 3.31. The van der Waals surface area contributed by atoms with E-state index in [0.29, 0.717) is 11.4 Å². The number of allylic oxidation sites excluding steroid dienone is 2. The first-order valence-corrected chi connectivity index (χ1v) is 7.91. The van der Waals surface area contributed by atoms with E-state index in [1.54, 1.807) is 13.8 Å². The Hall–Kier alpha value is -2.60. The topological polar surface area (TPSA) is 86.6 Å². The molecular formula is C17H15NO4S. The van der Waals surface area contributed by atoms with Crippen LogP contribution in [0.2, 0.25) is 0 Å². The van der Waals surface area contributed by atoms with Crippen LogP contribution in [0.5, 0.6) is 0 Å². The fourth-order valence-electron chi connectivity index (χ4n) is 3.09. The summed E-state index contributed by atoms with van der Waals surface area (Å²) in [5, 5.41) is 24.9. The summed E-state index contributed by atoms with van der Waals surface area (Å²) >= 11 is 1.49. The molecule has 1 aliphatic heterocycles. The van der Waals surface area contributed by atoms with E-state index in [9.17, 15) is 19.8 Å². The lowest BCUT2D eigenvalue weighted by molar-refractivity contribution is -0.133. The van der Waals surface area contributed by atoms with Crippen molar-refractivity contribution in [2.45, 2.75) is 19.8 Å². The Bertz CT molecular complexity index is 855. The maximum Gasteiger partial charge on any atom is 0.334 e. The molecule has 0 atom stereocenters. The number of aliphatic carboxylic acids is 2. The summed E-state index contributed by atoms with van der Waals surface area (Å²) in [4.78, 5) is 23.5. The molecule has 1 aromatic heterocycles. The Balaban J connectivity index is 2.31. The van der Waals surface area contributed by atoms with E-state index in [1.165, 1.54) is 11.3 Å². The SMILES string of the molecule is CC1=C(C(=O)O)C(c2csc3ccccc23)C(C(=O)O)=C(C)N1. The minimum absolute atomic E-state index is 0.0801. The first kappa shape index (κ1) is 15.3. The molecule has 0 fully saturated rings. The van der Waals surface area contributed by atoms with Gasteiger partial charge in [-0.05, 0) is 36.2 Å². The third-order valence-corrected chi connectivity index (χ3v) is 5.02. The number of hydrogen-bond donors (Lipinski definition) is 3. The largest absolute Gasteiger partial charge is 0.478 e. The molecule has 2 aromatic rings. The summed E-state index contributed by atoms with van der Waals surface area (Å²) in [5.41, 5.74) is 1.83. The molecule has 1 aliphatic rings. The molecule has 0 saturated heterocycles. The van der Waals surface area contributed by atoms with E-state index in [4.69, 9.17) is 0 Å². The second kappa shape index (κ2) is 5.55. The van der Waals surface area contributed by atoms with Gasteiger partial charge in [0.2, 0.25) is 0 Å². The highest BCUT2D eigenvalue weighted by Gasteiger charge is 2.37. The third-order valence-electron chi connectivity index (χ3n) is 4.04. The predicted molar refractivity (Wildman–Crippen MR) is 88.4 cm³/mol. The van der Waals surface area contributed by atoms with E-state index in [0.717, 1.165) is 15.6 Å². The molecule has 3 rings (SSSR count). The lowest BCUT2D eigenvalue weighted by Crippen LogP contribution is -2.30. The van der Waals surface area contributed by atoms with E-state index in [1.807, 2.05) is 29.6 Å². The van der Waals surface area contributed by atoms with Crippen molar-refractivity contribution >= 4 is 33.4 Å². The highest BCUT2D eigenvalue weighted by atomic mass is 32.1. The zero-order chi connectivity index (χ0) is 16.7. The van der Waals surface area contributed by atoms with Crippen LogP contribution in [0.1, 0.15) is 25.3 Å². The first-order valence-electron chi connectivity index (χ1n) is 7.03. The lowest BCUT2D eigenvalue weighted by atomic mass is 9.80. The molecule has 0 radical (unpaired) electrons. The van der Waals surface area contributed by atoms with Gasteiger partial charge in [-0.3, -0.25) is 0 Å². The van der Waals surface area contributed by atoms with Crippen LogP contribution in [-0.4, -0.2) is 22.2 Å². The van der Waals surface area contributed by atoms with Crippen molar-refractivity contribution in [1.82, 2.24) is 5.32 Å². The van der Waals surface area contributed by atoms with Gasteiger partial charge in [0.15, 0.2) is 0 Å². The van der Waals surface area contributed by atoms with Gasteiger partial charge in [-0.2, -0.15) is 0 Å². The lowest BCUT2D eigenvalue weighted by Gasteiger charge is -2.28. The van der Waals surface area contributed by atoms with Crippen molar-refractivity contribution in [2.24, 2.45) is 0 Å². The second-order valence-corrected chi connectivity index (χ2v) is 6.34.